The SMILES string of the molecule is CC1(C)c2ccccc2-c2ccc(-c3ccc(N(c4ccc(-c5cccc(-c6cccc(-c7ccc8ccccc8c7)c6)c5)cc4)c4ccccc4-c4ccccc4)cc3)cc21. The smallest absolute Gasteiger partial charge is 0.0540 e. The first-order chi connectivity index (χ1) is 30.5. The van der Waals surface area contributed by atoms with E-state index in [9.17, 15) is 0 Å². The summed E-state index contributed by atoms with van der Waals surface area (Å²) in [4.78, 5) is 2.40. The van der Waals surface area contributed by atoms with Crippen LogP contribution in [0.5, 0.6) is 0 Å². The van der Waals surface area contributed by atoms with Crippen molar-refractivity contribution >= 4 is 27.8 Å². The number of benzene rings is 10. The zero-order valence-corrected chi connectivity index (χ0v) is 35.0. The molecule has 1 heteroatoms. The average Bonchev–Trinajstić information content (AvgIpc) is 3.57. The fraction of sp³-hybridized carbons (Fsp3) is 0.0492. The predicted molar refractivity (Wildman–Crippen MR) is 263 cm³/mol. The summed E-state index contributed by atoms with van der Waals surface area (Å²) in [5.74, 6) is 0. The van der Waals surface area contributed by atoms with Crippen LogP contribution in [0.2, 0.25) is 0 Å². The molecule has 10 aromatic rings. The lowest BCUT2D eigenvalue weighted by Crippen LogP contribution is -2.14. The van der Waals surface area contributed by atoms with Gasteiger partial charge in [0.2, 0.25) is 0 Å². The highest BCUT2D eigenvalue weighted by molar-refractivity contribution is 5.91. The number of para-hydroxylation sites is 1. The van der Waals surface area contributed by atoms with E-state index in [4.69, 9.17) is 0 Å². The minimum absolute atomic E-state index is 0.0448. The van der Waals surface area contributed by atoms with Crippen LogP contribution >= 0.6 is 0 Å². The summed E-state index contributed by atoms with van der Waals surface area (Å²) in [7, 11) is 0. The minimum Gasteiger partial charge on any atom is -0.310 e. The Morgan fingerprint density at radius 1 is 0.274 bits per heavy atom. The monoisotopic (exact) mass is 791 g/mol. The highest BCUT2D eigenvalue weighted by Gasteiger charge is 2.35. The van der Waals surface area contributed by atoms with Crippen molar-refractivity contribution in [3.8, 4) is 66.8 Å². The Kier molecular flexibility index (Phi) is 9.24. The number of rotatable bonds is 8. The van der Waals surface area contributed by atoms with Gasteiger partial charge in [-0.2, -0.15) is 0 Å². The molecule has 1 aliphatic carbocycles. The number of fused-ring (bicyclic) bond motifs is 4. The minimum atomic E-state index is -0.0448. The van der Waals surface area contributed by atoms with Gasteiger partial charge in [-0.15, -0.1) is 0 Å². The molecule has 1 nitrogen and oxygen atoms in total. The van der Waals surface area contributed by atoms with Crippen molar-refractivity contribution in [1.29, 1.82) is 0 Å². The maximum absolute atomic E-state index is 2.40. The molecule has 11 rings (SSSR count). The average molecular weight is 792 g/mol. The molecule has 0 bridgehead atoms. The van der Waals surface area contributed by atoms with Crippen molar-refractivity contribution in [2.75, 3.05) is 4.90 Å². The van der Waals surface area contributed by atoms with E-state index < -0.39 is 0 Å². The summed E-state index contributed by atoms with van der Waals surface area (Å²) < 4.78 is 0. The van der Waals surface area contributed by atoms with E-state index in [1.54, 1.807) is 0 Å². The van der Waals surface area contributed by atoms with E-state index in [1.165, 1.54) is 88.7 Å². The van der Waals surface area contributed by atoms with Crippen LogP contribution in [-0.2, 0) is 5.41 Å². The van der Waals surface area contributed by atoms with E-state index in [2.05, 4.69) is 255 Å². The van der Waals surface area contributed by atoms with Gasteiger partial charge in [0, 0.05) is 22.4 Å². The summed E-state index contributed by atoms with van der Waals surface area (Å²) in [6.45, 7) is 4.70. The van der Waals surface area contributed by atoms with Crippen LogP contribution in [0, 0.1) is 0 Å². The van der Waals surface area contributed by atoms with E-state index in [0.29, 0.717) is 0 Å². The van der Waals surface area contributed by atoms with Crippen LogP contribution in [0.3, 0.4) is 0 Å². The van der Waals surface area contributed by atoms with Gasteiger partial charge in [-0.25, -0.2) is 0 Å². The molecule has 0 saturated carbocycles. The molecule has 62 heavy (non-hydrogen) atoms. The topological polar surface area (TPSA) is 3.24 Å². The lowest BCUT2D eigenvalue weighted by atomic mass is 9.81. The molecule has 0 aromatic heterocycles. The van der Waals surface area contributed by atoms with Crippen molar-refractivity contribution in [1.82, 2.24) is 0 Å². The first-order valence-corrected chi connectivity index (χ1v) is 21.6. The van der Waals surface area contributed by atoms with Crippen molar-refractivity contribution in [3.63, 3.8) is 0 Å². The third-order valence-electron chi connectivity index (χ3n) is 12.9. The normalized spacial score (nSPS) is 12.5. The molecular formula is C61H45N. The highest BCUT2D eigenvalue weighted by Crippen LogP contribution is 2.50. The zero-order chi connectivity index (χ0) is 41.6. The number of hydrogen-bond acceptors (Lipinski definition) is 1. The Hall–Kier alpha value is -7.74. The number of hydrogen-bond donors (Lipinski definition) is 0. The van der Waals surface area contributed by atoms with Crippen LogP contribution in [0.4, 0.5) is 17.1 Å². The molecule has 0 amide bonds. The third-order valence-corrected chi connectivity index (χ3v) is 12.9. The molecule has 294 valence electrons. The molecule has 0 N–H and O–H groups in total. The number of nitrogens with zero attached hydrogens (tertiary/aromatic N) is 1. The summed E-state index contributed by atoms with van der Waals surface area (Å²) in [5.41, 5.74) is 20.8. The van der Waals surface area contributed by atoms with Crippen LogP contribution in [-0.4, -0.2) is 0 Å². The second-order valence-corrected chi connectivity index (χ2v) is 17.0. The second kappa shape index (κ2) is 15.4. The summed E-state index contributed by atoms with van der Waals surface area (Å²) >= 11 is 0. The fourth-order valence-electron chi connectivity index (χ4n) is 9.57. The van der Waals surface area contributed by atoms with Gasteiger partial charge in [0.1, 0.15) is 0 Å². The molecule has 0 atom stereocenters. The van der Waals surface area contributed by atoms with Gasteiger partial charge >= 0.3 is 0 Å². The van der Waals surface area contributed by atoms with E-state index in [-0.39, 0.29) is 5.41 Å². The summed E-state index contributed by atoms with van der Waals surface area (Å²) in [5, 5.41) is 2.51. The fourth-order valence-corrected chi connectivity index (χ4v) is 9.57. The molecular weight excluding hydrogens is 747 g/mol. The molecule has 1 aliphatic rings. The molecule has 0 unspecified atom stereocenters. The molecule has 0 spiro atoms. The Bertz CT molecular complexity index is 3250. The molecule has 0 radical (unpaired) electrons. The van der Waals surface area contributed by atoms with E-state index >= 15 is 0 Å². The van der Waals surface area contributed by atoms with Crippen LogP contribution in [0.1, 0.15) is 25.0 Å². The lowest BCUT2D eigenvalue weighted by molar-refractivity contribution is 0.660. The Morgan fingerprint density at radius 2 is 0.726 bits per heavy atom. The van der Waals surface area contributed by atoms with Gasteiger partial charge in [0.25, 0.3) is 0 Å². The van der Waals surface area contributed by atoms with Crippen molar-refractivity contribution < 1.29 is 0 Å². The van der Waals surface area contributed by atoms with Crippen LogP contribution in [0.25, 0.3) is 77.5 Å². The molecule has 10 aromatic carbocycles. The Labute approximate surface area is 364 Å². The van der Waals surface area contributed by atoms with Gasteiger partial charge in [-0.1, -0.05) is 196 Å². The Balaban J connectivity index is 0.935. The zero-order valence-electron chi connectivity index (χ0n) is 35.0. The molecule has 0 heterocycles. The highest BCUT2D eigenvalue weighted by atomic mass is 15.1. The van der Waals surface area contributed by atoms with Crippen LogP contribution < -0.4 is 4.90 Å². The standard InChI is InChI=1S/C61H45N/c1-61(2)58-24-10-8-23-56(58)57-37-32-52(41-59(57)61)44-30-35-54(36-31-44)62(60-25-11-9-22-55(60)45-15-4-3-5-16-45)53-33-28-43(29-34-53)47-18-12-19-48(38-47)49-20-13-21-50(40-49)51-27-26-42-14-6-7-17-46(42)39-51/h3-41H,1-2H3. The van der Waals surface area contributed by atoms with Gasteiger partial charge in [-0.05, 0) is 138 Å². The largest absolute Gasteiger partial charge is 0.310 e. The summed E-state index contributed by atoms with van der Waals surface area (Å²) in [6.07, 6.45) is 0. The van der Waals surface area contributed by atoms with Crippen molar-refractivity contribution in [2.24, 2.45) is 0 Å². The van der Waals surface area contributed by atoms with Gasteiger partial charge < -0.3 is 4.90 Å². The van der Waals surface area contributed by atoms with Gasteiger partial charge in [0.15, 0.2) is 0 Å². The maximum Gasteiger partial charge on any atom is 0.0540 e. The maximum atomic E-state index is 2.40. The van der Waals surface area contributed by atoms with E-state index in [1.807, 2.05) is 0 Å². The first kappa shape index (κ1) is 37.3. The lowest BCUT2D eigenvalue weighted by Gasteiger charge is -2.28. The van der Waals surface area contributed by atoms with Gasteiger partial charge in [0.05, 0.1) is 5.69 Å². The van der Waals surface area contributed by atoms with Crippen LogP contribution in [0.15, 0.2) is 237 Å². The molecule has 0 aliphatic heterocycles. The predicted octanol–water partition coefficient (Wildman–Crippen LogP) is 17.0. The molecule has 0 fully saturated rings. The first-order valence-electron chi connectivity index (χ1n) is 21.6. The quantitative estimate of drug-likeness (QED) is 0.148. The van der Waals surface area contributed by atoms with Crippen molar-refractivity contribution in [2.45, 2.75) is 19.3 Å². The third kappa shape index (κ3) is 6.69. The van der Waals surface area contributed by atoms with Gasteiger partial charge in [-0.3, -0.25) is 0 Å². The van der Waals surface area contributed by atoms with E-state index in [0.717, 1.165) is 17.1 Å². The second-order valence-electron chi connectivity index (χ2n) is 17.0. The summed E-state index contributed by atoms with van der Waals surface area (Å²) in [6, 6.07) is 86.5. The molecule has 0 saturated heterocycles. The van der Waals surface area contributed by atoms with Crippen molar-refractivity contribution in [3.05, 3.63) is 248 Å². The Morgan fingerprint density at radius 3 is 1.39 bits per heavy atom. The number of anilines is 3.